The minimum atomic E-state index is -3.45. The third-order valence-electron chi connectivity index (χ3n) is 2.52. The largest absolute Gasteiger partial charge is 0.289 e. The number of rotatable bonds is 2. The number of nitrogens with one attached hydrogen (secondary N) is 1. The second kappa shape index (κ2) is 4.52. The van der Waals surface area contributed by atoms with Gasteiger partial charge in [0.05, 0.1) is 6.26 Å². The van der Waals surface area contributed by atoms with Gasteiger partial charge in [0.15, 0.2) is 0 Å². The Morgan fingerprint density at radius 2 is 2.12 bits per heavy atom. The molecule has 1 amide bonds. The molecule has 1 rings (SSSR count). The van der Waals surface area contributed by atoms with Crippen molar-refractivity contribution in [1.82, 2.24) is 9.79 Å². The number of sulfonamides is 1. The first-order valence-corrected chi connectivity index (χ1v) is 7.58. The van der Waals surface area contributed by atoms with Gasteiger partial charge in [-0.2, -0.15) is 16.1 Å². The van der Waals surface area contributed by atoms with Crippen LogP contribution in [0.1, 0.15) is 13.8 Å². The topological polar surface area (TPSA) is 86.7 Å². The van der Waals surface area contributed by atoms with E-state index in [4.69, 9.17) is 5.21 Å². The van der Waals surface area contributed by atoms with Crippen LogP contribution in [0.5, 0.6) is 0 Å². The summed E-state index contributed by atoms with van der Waals surface area (Å²) in [4.78, 5) is 11.6. The molecule has 94 valence electrons. The van der Waals surface area contributed by atoms with E-state index in [9.17, 15) is 13.2 Å². The summed E-state index contributed by atoms with van der Waals surface area (Å²) in [5.74, 6) is -0.0578. The predicted octanol–water partition coefficient (Wildman–Crippen LogP) is -0.353. The first-order chi connectivity index (χ1) is 7.20. The molecule has 8 heteroatoms. The zero-order chi connectivity index (χ0) is 12.6. The lowest BCUT2D eigenvalue weighted by Crippen LogP contribution is -2.60. The molecule has 6 nitrogen and oxygen atoms in total. The number of hydroxylamine groups is 1. The molecule has 1 unspecified atom stereocenters. The Bertz CT molecular complexity index is 379. The number of nitrogens with zero attached hydrogens (tertiary/aromatic N) is 1. The van der Waals surface area contributed by atoms with Crippen molar-refractivity contribution in [2.24, 2.45) is 0 Å². The van der Waals surface area contributed by atoms with E-state index in [0.717, 1.165) is 10.6 Å². The van der Waals surface area contributed by atoms with Crippen LogP contribution in [0, 0.1) is 0 Å². The van der Waals surface area contributed by atoms with Gasteiger partial charge >= 0.3 is 0 Å². The Hall–Kier alpha value is -0.310. The molecule has 2 N–H and O–H groups in total. The van der Waals surface area contributed by atoms with Gasteiger partial charge in [-0.15, -0.1) is 0 Å². The van der Waals surface area contributed by atoms with Crippen LogP contribution in [0.3, 0.4) is 0 Å². The Labute approximate surface area is 99.4 Å². The van der Waals surface area contributed by atoms with E-state index in [0.29, 0.717) is 5.75 Å². The first kappa shape index (κ1) is 13.8. The van der Waals surface area contributed by atoms with E-state index in [2.05, 4.69) is 0 Å². The van der Waals surface area contributed by atoms with Gasteiger partial charge in [0.2, 0.25) is 10.0 Å². The maximum Gasteiger partial charge on any atom is 0.263 e. The Kier molecular flexibility index (Phi) is 3.88. The fourth-order valence-electron chi connectivity index (χ4n) is 1.82. The van der Waals surface area contributed by atoms with E-state index >= 15 is 0 Å². The molecule has 1 heterocycles. The van der Waals surface area contributed by atoms with Crippen molar-refractivity contribution in [3.8, 4) is 0 Å². The van der Waals surface area contributed by atoms with Crippen LogP contribution in [0.4, 0.5) is 0 Å². The lowest BCUT2D eigenvalue weighted by molar-refractivity contribution is -0.134. The van der Waals surface area contributed by atoms with Crippen LogP contribution >= 0.6 is 11.8 Å². The third kappa shape index (κ3) is 2.68. The summed E-state index contributed by atoms with van der Waals surface area (Å²) in [6.45, 7) is 3.86. The molecule has 1 aliphatic heterocycles. The number of hydrogen-bond acceptors (Lipinski definition) is 5. The number of carbonyl (C=O) groups is 1. The molecule has 0 bridgehead atoms. The zero-order valence-electron chi connectivity index (χ0n) is 9.43. The summed E-state index contributed by atoms with van der Waals surface area (Å²) in [5, 5.41) is 8.67. The monoisotopic (exact) mass is 268 g/mol. The predicted molar refractivity (Wildman–Crippen MR) is 61.8 cm³/mol. The number of amides is 1. The fraction of sp³-hybridized carbons (Fsp3) is 0.875. The maximum absolute atomic E-state index is 11.6. The van der Waals surface area contributed by atoms with Gasteiger partial charge in [0.25, 0.3) is 5.91 Å². The highest BCUT2D eigenvalue weighted by Gasteiger charge is 2.46. The molecule has 1 saturated heterocycles. The van der Waals surface area contributed by atoms with Gasteiger partial charge in [-0.3, -0.25) is 10.0 Å². The Morgan fingerprint density at radius 1 is 1.56 bits per heavy atom. The van der Waals surface area contributed by atoms with Crippen molar-refractivity contribution >= 4 is 27.7 Å². The number of hydrogen-bond donors (Lipinski definition) is 2. The maximum atomic E-state index is 11.6. The van der Waals surface area contributed by atoms with E-state index < -0.39 is 26.7 Å². The number of carbonyl (C=O) groups excluding carboxylic acids is 1. The Balaban J connectivity index is 3.12. The molecule has 0 spiro atoms. The van der Waals surface area contributed by atoms with Crippen molar-refractivity contribution in [2.45, 2.75) is 24.6 Å². The van der Waals surface area contributed by atoms with Gasteiger partial charge in [-0.25, -0.2) is 13.9 Å². The summed E-state index contributed by atoms with van der Waals surface area (Å²) < 4.78 is 23.7. The first-order valence-electron chi connectivity index (χ1n) is 4.75. The molecular formula is C8H16N2O4S2. The highest BCUT2D eigenvalue weighted by molar-refractivity contribution is 8.00. The second-order valence-electron chi connectivity index (χ2n) is 4.20. The normalized spacial score (nSPS) is 26.4. The summed E-state index contributed by atoms with van der Waals surface area (Å²) in [5.41, 5.74) is 1.53. The van der Waals surface area contributed by atoms with Crippen LogP contribution in [0.25, 0.3) is 0 Å². The molecule has 16 heavy (non-hydrogen) atoms. The van der Waals surface area contributed by atoms with Crippen LogP contribution in [0.15, 0.2) is 0 Å². The van der Waals surface area contributed by atoms with Crippen molar-refractivity contribution in [3.63, 3.8) is 0 Å². The van der Waals surface area contributed by atoms with Crippen molar-refractivity contribution in [1.29, 1.82) is 0 Å². The highest BCUT2D eigenvalue weighted by atomic mass is 32.2. The number of thioether (sulfide) groups is 1. The summed E-state index contributed by atoms with van der Waals surface area (Å²) >= 11 is 1.51. The molecule has 1 atom stereocenters. The lowest BCUT2D eigenvalue weighted by Gasteiger charge is -2.42. The molecule has 0 radical (unpaired) electrons. The average molecular weight is 268 g/mol. The molecule has 0 aliphatic carbocycles. The molecule has 0 aromatic rings. The van der Waals surface area contributed by atoms with Crippen LogP contribution < -0.4 is 5.48 Å². The quantitative estimate of drug-likeness (QED) is 0.528. The molecule has 1 aliphatic rings. The van der Waals surface area contributed by atoms with Crippen LogP contribution in [-0.2, 0) is 14.8 Å². The van der Waals surface area contributed by atoms with Gasteiger partial charge in [-0.1, -0.05) is 0 Å². The highest BCUT2D eigenvalue weighted by Crippen LogP contribution is 2.36. The molecule has 0 aromatic heterocycles. The standard InChI is InChI=1S/C8H16N2O4S2/c1-8(2)6(7(11)9-12)10(4-5-15-8)16(3,13)14/h6,12H,4-5H2,1-3H3,(H,9,11). The van der Waals surface area contributed by atoms with Crippen molar-refractivity contribution in [2.75, 3.05) is 18.6 Å². The Morgan fingerprint density at radius 3 is 2.56 bits per heavy atom. The summed E-state index contributed by atoms with van der Waals surface area (Å²) in [7, 11) is -3.45. The fourth-order valence-corrected chi connectivity index (χ4v) is 4.37. The SMILES string of the molecule is CC1(C)SCCN(S(C)(=O)=O)C1C(=O)NO. The molecule has 0 saturated carbocycles. The second-order valence-corrected chi connectivity index (χ2v) is 7.89. The average Bonchev–Trinajstić information content (AvgIpc) is 2.13. The van der Waals surface area contributed by atoms with Gasteiger partial charge in [-0.05, 0) is 13.8 Å². The molecule has 1 fully saturated rings. The third-order valence-corrected chi connectivity index (χ3v) is 5.12. The van der Waals surface area contributed by atoms with E-state index in [1.807, 2.05) is 0 Å². The van der Waals surface area contributed by atoms with Crippen LogP contribution in [0.2, 0.25) is 0 Å². The van der Waals surface area contributed by atoms with Gasteiger partial charge < -0.3 is 0 Å². The molecular weight excluding hydrogens is 252 g/mol. The minimum Gasteiger partial charge on any atom is -0.289 e. The zero-order valence-corrected chi connectivity index (χ0v) is 11.1. The smallest absolute Gasteiger partial charge is 0.263 e. The van der Waals surface area contributed by atoms with Crippen molar-refractivity contribution < 1.29 is 18.4 Å². The van der Waals surface area contributed by atoms with E-state index in [1.165, 1.54) is 17.2 Å². The van der Waals surface area contributed by atoms with Gasteiger partial charge in [0, 0.05) is 17.0 Å². The summed E-state index contributed by atoms with van der Waals surface area (Å²) in [6, 6.07) is -0.883. The van der Waals surface area contributed by atoms with Crippen molar-refractivity contribution in [3.05, 3.63) is 0 Å². The van der Waals surface area contributed by atoms with E-state index in [1.54, 1.807) is 13.8 Å². The van der Waals surface area contributed by atoms with Gasteiger partial charge in [0.1, 0.15) is 6.04 Å². The minimum absolute atomic E-state index is 0.283. The van der Waals surface area contributed by atoms with Crippen LogP contribution in [-0.4, -0.2) is 53.2 Å². The molecule has 0 aromatic carbocycles. The lowest BCUT2D eigenvalue weighted by atomic mass is 10.0. The summed E-state index contributed by atoms with van der Waals surface area (Å²) in [6.07, 6.45) is 1.07. The van der Waals surface area contributed by atoms with E-state index in [-0.39, 0.29) is 6.54 Å².